The summed E-state index contributed by atoms with van der Waals surface area (Å²) in [4.78, 5) is 16.0. The molecule has 10 heteroatoms. The summed E-state index contributed by atoms with van der Waals surface area (Å²) in [7, 11) is 0. The van der Waals surface area contributed by atoms with Gasteiger partial charge in [-0.05, 0) is 48.9 Å². The number of amides is 1. The molecule has 0 bridgehead atoms. The van der Waals surface area contributed by atoms with Crippen molar-refractivity contribution in [2.45, 2.75) is 25.0 Å². The number of carbonyl (C=O) groups is 1. The Balaban J connectivity index is 1.37. The number of furan rings is 1. The smallest absolute Gasteiger partial charge is 0.234 e. The highest BCUT2D eigenvalue weighted by atomic mass is 35.5. The van der Waals surface area contributed by atoms with Crippen LogP contribution in [0, 0.1) is 6.92 Å². The summed E-state index contributed by atoms with van der Waals surface area (Å²) in [6, 6.07) is 16.9. The molecule has 3 heterocycles. The number of thioether (sulfide) groups is 1. The zero-order valence-corrected chi connectivity index (χ0v) is 21.0. The molecule has 7 nitrogen and oxygen atoms in total. The normalized spacial score (nSPS) is 11.3. The first-order valence-electron chi connectivity index (χ1n) is 10.9. The van der Waals surface area contributed by atoms with Crippen molar-refractivity contribution in [3.63, 3.8) is 0 Å². The second-order valence-electron chi connectivity index (χ2n) is 7.98. The van der Waals surface area contributed by atoms with Crippen LogP contribution in [-0.2, 0) is 17.8 Å². The van der Waals surface area contributed by atoms with E-state index >= 15 is 0 Å². The number of hydrogen-bond donors (Lipinski definition) is 2. The Morgan fingerprint density at radius 1 is 1.11 bits per heavy atom. The van der Waals surface area contributed by atoms with E-state index in [0.29, 0.717) is 33.9 Å². The molecular weight excluding hydrogens is 505 g/mol. The fraction of sp³-hybridized carbons (Fsp3) is 0.160. The van der Waals surface area contributed by atoms with Crippen LogP contribution >= 0.6 is 35.0 Å². The third kappa shape index (κ3) is 5.24. The third-order valence-electron chi connectivity index (χ3n) is 5.59. The highest BCUT2D eigenvalue weighted by Crippen LogP contribution is 2.28. The highest BCUT2D eigenvalue weighted by Gasteiger charge is 2.19. The minimum absolute atomic E-state index is 0.155. The molecule has 0 radical (unpaired) electrons. The summed E-state index contributed by atoms with van der Waals surface area (Å²) in [5.74, 6) is 1.54. The van der Waals surface area contributed by atoms with Crippen LogP contribution < -0.4 is 5.32 Å². The number of aryl methyl sites for hydroxylation is 1. The molecule has 0 fully saturated rings. The van der Waals surface area contributed by atoms with Crippen LogP contribution in [-0.4, -0.2) is 31.4 Å². The first kappa shape index (κ1) is 23.5. The number of fused-ring (bicyclic) bond motifs is 1. The molecular formula is C25H21Cl2N5O2S. The van der Waals surface area contributed by atoms with Crippen molar-refractivity contribution in [1.82, 2.24) is 19.7 Å². The Labute approximate surface area is 215 Å². The van der Waals surface area contributed by atoms with Crippen LogP contribution in [0.15, 0.2) is 70.4 Å². The molecule has 2 aromatic carbocycles. The summed E-state index contributed by atoms with van der Waals surface area (Å²) in [5.41, 5.74) is 3.93. The van der Waals surface area contributed by atoms with Crippen molar-refractivity contribution < 1.29 is 9.21 Å². The van der Waals surface area contributed by atoms with Crippen molar-refractivity contribution in [3.8, 4) is 0 Å². The van der Waals surface area contributed by atoms with E-state index in [1.54, 1.807) is 24.5 Å². The molecule has 0 aliphatic rings. The number of benzene rings is 2. The van der Waals surface area contributed by atoms with Crippen LogP contribution in [0.4, 0.5) is 5.69 Å². The van der Waals surface area contributed by atoms with Gasteiger partial charge in [0.05, 0.1) is 28.6 Å². The summed E-state index contributed by atoms with van der Waals surface area (Å²) in [6.07, 6.45) is 2.24. The number of halogens is 2. The SMILES string of the molecule is Cc1[nH]c2ccccc2c1Cc1nnc(SCC(=O)Nc2ccc(Cl)c(Cl)c2)n1Cc1ccco1. The Morgan fingerprint density at radius 2 is 1.97 bits per heavy atom. The monoisotopic (exact) mass is 525 g/mol. The van der Waals surface area contributed by atoms with Crippen LogP contribution in [0.3, 0.4) is 0 Å². The van der Waals surface area contributed by atoms with Gasteiger partial charge in [-0.3, -0.25) is 9.36 Å². The molecule has 5 aromatic rings. The minimum Gasteiger partial charge on any atom is -0.467 e. The number of nitrogens with zero attached hydrogens (tertiary/aromatic N) is 3. The molecule has 0 saturated heterocycles. The van der Waals surface area contributed by atoms with Gasteiger partial charge in [0.1, 0.15) is 11.6 Å². The maximum Gasteiger partial charge on any atom is 0.234 e. The van der Waals surface area contributed by atoms with Gasteiger partial charge in [0, 0.05) is 28.7 Å². The molecule has 5 rings (SSSR count). The van der Waals surface area contributed by atoms with Gasteiger partial charge in [0.2, 0.25) is 5.91 Å². The lowest BCUT2D eigenvalue weighted by atomic mass is 10.1. The summed E-state index contributed by atoms with van der Waals surface area (Å²) < 4.78 is 7.57. The maximum absolute atomic E-state index is 12.6. The predicted octanol–water partition coefficient (Wildman–Crippen LogP) is 6.34. The molecule has 0 spiro atoms. The fourth-order valence-corrected chi connectivity index (χ4v) is 4.95. The molecule has 35 heavy (non-hydrogen) atoms. The molecule has 0 unspecified atom stereocenters. The number of hydrogen-bond acceptors (Lipinski definition) is 5. The standard InChI is InChI=1S/C25H21Cl2N5O2S/c1-15-19(18-6-2-3-7-22(18)28-15)12-23-30-31-25(32(23)13-17-5-4-10-34-17)35-14-24(33)29-16-8-9-20(26)21(27)11-16/h2-11,28H,12-14H2,1H3,(H,29,33). The van der Waals surface area contributed by atoms with Gasteiger partial charge in [-0.2, -0.15) is 0 Å². The van der Waals surface area contributed by atoms with E-state index in [1.807, 2.05) is 28.8 Å². The summed E-state index contributed by atoms with van der Waals surface area (Å²) in [5, 5.41) is 14.3. The molecule has 178 valence electrons. The van der Waals surface area contributed by atoms with E-state index in [2.05, 4.69) is 39.6 Å². The third-order valence-corrected chi connectivity index (χ3v) is 7.29. The average molecular weight is 526 g/mol. The molecule has 3 aromatic heterocycles. The number of carbonyl (C=O) groups excluding carboxylic acids is 1. The van der Waals surface area contributed by atoms with Crippen LogP contribution in [0.5, 0.6) is 0 Å². The minimum atomic E-state index is -0.185. The van der Waals surface area contributed by atoms with Gasteiger partial charge in [-0.15, -0.1) is 10.2 Å². The first-order valence-corrected chi connectivity index (χ1v) is 12.6. The van der Waals surface area contributed by atoms with Crippen LogP contribution in [0.25, 0.3) is 10.9 Å². The number of rotatable bonds is 8. The van der Waals surface area contributed by atoms with E-state index in [9.17, 15) is 4.79 Å². The molecule has 0 aliphatic carbocycles. The van der Waals surface area contributed by atoms with Crippen molar-refractivity contribution in [1.29, 1.82) is 0 Å². The molecule has 2 N–H and O–H groups in total. The molecule has 1 amide bonds. The number of anilines is 1. The van der Waals surface area contributed by atoms with Crippen molar-refractivity contribution in [3.05, 3.63) is 93.7 Å². The van der Waals surface area contributed by atoms with Gasteiger partial charge >= 0.3 is 0 Å². The zero-order valence-electron chi connectivity index (χ0n) is 18.7. The van der Waals surface area contributed by atoms with Gasteiger partial charge in [0.25, 0.3) is 0 Å². The van der Waals surface area contributed by atoms with Gasteiger partial charge in [-0.25, -0.2) is 0 Å². The molecule has 0 atom stereocenters. The van der Waals surface area contributed by atoms with Gasteiger partial charge < -0.3 is 14.7 Å². The Kier molecular flexibility index (Phi) is 6.86. The summed E-state index contributed by atoms with van der Waals surface area (Å²) >= 11 is 13.3. The van der Waals surface area contributed by atoms with Crippen LogP contribution in [0.1, 0.15) is 22.8 Å². The molecule has 0 aliphatic heterocycles. The lowest BCUT2D eigenvalue weighted by Crippen LogP contribution is -2.15. The Bertz CT molecular complexity index is 1490. The number of aromatic amines is 1. The number of aromatic nitrogens is 4. The Hall–Kier alpha value is -3.20. The number of H-pyrrole nitrogens is 1. The van der Waals surface area contributed by atoms with E-state index in [4.69, 9.17) is 27.6 Å². The maximum atomic E-state index is 12.6. The quantitative estimate of drug-likeness (QED) is 0.231. The lowest BCUT2D eigenvalue weighted by molar-refractivity contribution is -0.113. The topological polar surface area (TPSA) is 88.7 Å². The largest absolute Gasteiger partial charge is 0.467 e. The van der Waals surface area contributed by atoms with E-state index < -0.39 is 0 Å². The first-order chi connectivity index (χ1) is 17.0. The van der Waals surface area contributed by atoms with E-state index in [0.717, 1.165) is 28.2 Å². The lowest BCUT2D eigenvalue weighted by Gasteiger charge is -2.10. The van der Waals surface area contributed by atoms with Gasteiger partial charge in [-0.1, -0.05) is 53.2 Å². The Morgan fingerprint density at radius 3 is 2.77 bits per heavy atom. The van der Waals surface area contributed by atoms with Gasteiger partial charge in [0.15, 0.2) is 5.16 Å². The second-order valence-corrected chi connectivity index (χ2v) is 9.74. The summed E-state index contributed by atoms with van der Waals surface area (Å²) in [6.45, 7) is 2.53. The van der Waals surface area contributed by atoms with Crippen molar-refractivity contribution in [2.24, 2.45) is 0 Å². The average Bonchev–Trinajstić information content (AvgIpc) is 3.56. The highest BCUT2D eigenvalue weighted by molar-refractivity contribution is 7.99. The predicted molar refractivity (Wildman–Crippen MR) is 139 cm³/mol. The molecule has 0 saturated carbocycles. The zero-order chi connectivity index (χ0) is 24.4. The second kappa shape index (κ2) is 10.2. The van der Waals surface area contributed by atoms with Crippen molar-refractivity contribution in [2.75, 3.05) is 11.1 Å². The van der Waals surface area contributed by atoms with Crippen LogP contribution in [0.2, 0.25) is 10.0 Å². The number of para-hydroxylation sites is 1. The van der Waals surface area contributed by atoms with E-state index in [1.165, 1.54) is 17.3 Å². The number of nitrogens with one attached hydrogen (secondary N) is 2. The fourth-order valence-electron chi connectivity index (χ4n) is 3.90. The van der Waals surface area contributed by atoms with E-state index in [-0.39, 0.29) is 11.7 Å². The van der Waals surface area contributed by atoms with Crippen molar-refractivity contribution >= 4 is 57.5 Å².